The monoisotopic (exact) mass is 283 g/mol. The molecule has 0 aromatic heterocycles. The molecule has 1 N–H and O–H groups in total. The highest BCUT2D eigenvalue weighted by Crippen LogP contribution is 2.20. The SMILES string of the molecule is Cc1cc(F)cc(NCc2cc(Cl)cc(Cl)c2)c1. The molecular formula is C14H12Cl2FN. The van der Waals surface area contributed by atoms with Gasteiger partial charge in [0.15, 0.2) is 0 Å². The van der Waals surface area contributed by atoms with E-state index in [9.17, 15) is 4.39 Å². The summed E-state index contributed by atoms with van der Waals surface area (Å²) in [7, 11) is 0. The number of nitrogens with one attached hydrogen (secondary N) is 1. The molecule has 0 radical (unpaired) electrons. The van der Waals surface area contributed by atoms with Gasteiger partial charge in [-0.25, -0.2) is 4.39 Å². The van der Waals surface area contributed by atoms with Crippen LogP contribution in [0, 0.1) is 12.7 Å². The number of hydrogen-bond acceptors (Lipinski definition) is 1. The van der Waals surface area contributed by atoms with Crippen LogP contribution in [0.1, 0.15) is 11.1 Å². The molecule has 0 spiro atoms. The predicted octanol–water partition coefficient (Wildman–Crippen LogP) is 5.05. The summed E-state index contributed by atoms with van der Waals surface area (Å²) in [6, 6.07) is 10.2. The Morgan fingerprint density at radius 1 is 1.00 bits per heavy atom. The lowest BCUT2D eigenvalue weighted by Crippen LogP contribution is -2.00. The van der Waals surface area contributed by atoms with Crippen LogP contribution in [0.25, 0.3) is 0 Å². The van der Waals surface area contributed by atoms with Crippen molar-refractivity contribution in [1.29, 1.82) is 0 Å². The molecule has 94 valence electrons. The number of anilines is 1. The summed E-state index contributed by atoms with van der Waals surface area (Å²) in [5.74, 6) is -0.248. The van der Waals surface area contributed by atoms with Gasteiger partial charge in [0.2, 0.25) is 0 Å². The van der Waals surface area contributed by atoms with Crippen molar-refractivity contribution in [2.24, 2.45) is 0 Å². The summed E-state index contributed by atoms with van der Waals surface area (Å²) < 4.78 is 13.2. The van der Waals surface area contributed by atoms with Crippen molar-refractivity contribution in [3.63, 3.8) is 0 Å². The van der Waals surface area contributed by atoms with Crippen LogP contribution in [0.5, 0.6) is 0 Å². The standard InChI is InChI=1S/C14H12Cl2FN/c1-9-2-13(17)7-14(3-9)18-8-10-4-11(15)6-12(16)5-10/h2-7,18H,8H2,1H3. The molecule has 0 aliphatic carbocycles. The smallest absolute Gasteiger partial charge is 0.125 e. The maximum Gasteiger partial charge on any atom is 0.125 e. The maximum absolute atomic E-state index is 13.2. The minimum atomic E-state index is -0.248. The first-order chi connectivity index (χ1) is 8.52. The van der Waals surface area contributed by atoms with E-state index in [2.05, 4.69) is 5.32 Å². The Morgan fingerprint density at radius 3 is 2.28 bits per heavy atom. The average molecular weight is 284 g/mol. The number of rotatable bonds is 3. The molecule has 0 amide bonds. The maximum atomic E-state index is 13.2. The summed E-state index contributed by atoms with van der Waals surface area (Å²) in [5, 5.41) is 4.32. The van der Waals surface area contributed by atoms with Gasteiger partial charge in [0.1, 0.15) is 5.82 Å². The summed E-state index contributed by atoms with van der Waals surface area (Å²) in [4.78, 5) is 0. The zero-order chi connectivity index (χ0) is 13.1. The minimum Gasteiger partial charge on any atom is -0.381 e. The lowest BCUT2D eigenvalue weighted by molar-refractivity contribution is 0.627. The van der Waals surface area contributed by atoms with Crippen LogP contribution < -0.4 is 5.32 Å². The Balaban J connectivity index is 2.11. The number of benzene rings is 2. The van der Waals surface area contributed by atoms with Gasteiger partial charge >= 0.3 is 0 Å². The average Bonchev–Trinajstić information content (AvgIpc) is 2.23. The van der Waals surface area contributed by atoms with Crippen LogP contribution >= 0.6 is 23.2 Å². The molecule has 0 aliphatic rings. The Hall–Kier alpha value is -1.25. The molecule has 0 saturated carbocycles. The fraction of sp³-hybridized carbons (Fsp3) is 0.143. The lowest BCUT2D eigenvalue weighted by atomic mass is 10.2. The van der Waals surface area contributed by atoms with Crippen LogP contribution in [0.2, 0.25) is 10.0 Å². The van der Waals surface area contributed by atoms with E-state index in [-0.39, 0.29) is 5.82 Å². The number of halogens is 3. The number of hydrogen-bond donors (Lipinski definition) is 1. The normalized spacial score (nSPS) is 10.4. The summed E-state index contributed by atoms with van der Waals surface area (Å²) in [5.41, 5.74) is 2.57. The minimum absolute atomic E-state index is 0.248. The van der Waals surface area contributed by atoms with Gasteiger partial charge in [-0.1, -0.05) is 23.2 Å². The Labute approximate surface area is 116 Å². The Morgan fingerprint density at radius 2 is 1.67 bits per heavy atom. The first-order valence-corrected chi connectivity index (χ1v) is 6.24. The van der Waals surface area contributed by atoms with Crippen LogP contribution in [0.15, 0.2) is 36.4 Å². The Kier molecular flexibility index (Phi) is 4.10. The third-order valence-electron chi connectivity index (χ3n) is 2.46. The van der Waals surface area contributed by atoms with Crippen molar-refractivity contribution >= 4 is 28.9 Å². The summed E-state index contributed by atoms with van der Waals surface area (Å²) in [6.45, 7) is 2.40. The van der Waals surface area contributed by atoms with Crippen molar-refractivity contribution in [2.45, 2.75) is 13.5 Å². The molecule has 0 unspecified atom stereocenters. The second-order valence-corrected chi connectivity index (χ2v) is 5.02. The second kappa shape index (κ2) is 5.59. The van der Waals surface area contributed by atoms with E-state index in [1.807, 2.05) is 25.1 Å². The molecule has 2 rings (SSSR count). The molecule has 1 nitrogen and oxygen atoms in total. The van der Waals surface area contributed by atoms with Gasteiger partial charge < -0.3 is 5.32 Å². The zero-order valence-corrected chi connectivity index (χ0v) is 11.3. The first kappa shape index (κ1) is 13.2. The Bertz CT molecular complexity index is 478. The molecular weight excluding hydrogens is 272 g/mol. The molecule has 2 aromatic carbocycles. The van der Waals surface area contributed by atoms with E-state index < -0.39 is 0 Å². The fourth-order valence-electron chi connectivity index (χ4n) is 1.76. The van der Waals surface area contributed by atoms with E-state index in [4.69, 9.17) is 23.2 Å². The molecule has 0 bridgehead atoms. The molecule has 0 saturated heterocycles. The quantitative estimate of drug-likeness (QED) is 0.831. The molecule has 0 heterocycles. The third-order valence-corrected chi connectivity index (χ3v) is 2.90. The lowest BCUT2D eigenvalue weighted by Gasteiger charge is -2.08. The van der Waals surface area contributed by atoms with Crippen LogP contribution in [-0.2, 0) is 6.54 Å². The van der Waals surface area contributed by atoms with Gasteiger partial charge in [0.25, 0.3) is 0 Å². The molecule has 18 heavy (non-hydrogen) atoms. The van der Waals surface area contributed by atoms with E-state index in [0.29, 0.717) is 16.6 Å². The summed E-state index contributed by atoms with van der Waals surface area (Å²) in [6.07, 6.45) is 0. The fourth-order valence-corrected chi connectivity index (χ4v) is 2.33. The van der Waals surface area contributed by atoms with Gasteiger partial charge in [-0.2, -0.15) is 0 Å². The van der Waals surface area contributed by atoms with Crippen LogP contribution in [-0.4, -0.2) is 0 Å². The topological polar surface area (TPSA) is 12.0 Å². The van der Waals surface area contributed by atoms with E-state index in [0.717, 1.165) is 16.8 Å². The van der Waals surface area contributed by atoms with Gasteiger partial charge in [0, 0.05) is 22.3 Å². The van der Waals surface area contributed by atoms with Crippen molar-refractivity contribution < 1.29 is 4.39 Å². The van der Waals surface area contributed by atoms with E-state index in [1.165, 1.54) is 12.1 Å². The van der Waals surface area contributed by atoms with Crippen molar-refractivity contribution in [3.8, 4) is 0 Å². The second-order valence-electron chi connectivity index (χ2n) is 4.15. The highest BCUT2D eigenvalue weighted by atomic mass is 35.5. The molecule has 0 fully saturated rings. The van der Waals surface area contributed by atoms with E-state index >= 15 is 0 Å². The first-order valence-electron chi connectivity index (χ1n) is 5.49. The third kappa shape index (κ3) is 3.62. The van der Waals surface area contributed by atoms with Crippen molar-refractivity contribution in [2.75, 3.05) is 5.32 Å². The molecule has 4 heteroatoms. The molecule has 0 aliphatic heterocycles. The van der Waals surface area contributed by atoms with Gasteiger partial charge in [-0.15, -0.1) is 0 Å². The van der Waals surface area contributed by atoms with Crippen LogP contribution in [0.4, 0.5) is 10.1 Å². The van der Waals surface area contributed by atoms with E-state index in [1.54, 1.807) is 6.07 Å². The van der Waals surface area contributed by atoms with Crippen molar-refractivity contribution in [3.05, 3.63) is 63.4 Å². The van der Waals surface area contributed by atoms with Crippen LogP contribution in [0.3, 0.4) is 0 Å². The zero-order valence-electron chi connectivity index (χ0n) is 9.81. The largest absolute Gasteiger partial charge is 0.381 e. The van der Waals surface area contributed by atoms with Crippen molar-refractivity contribution in [1.82, 2.24) is 0 Å². The molecule has 2 aromatic rings. The molecule has 0 atom stereocenters. The highest BCUT2D eigenvalue weighted by Gasteiger charge is 2.00. The van der Waals surface area contributed by atoms with Gasteiger partial charge in [-0.3, -0.25) is 0 Å². The number of aryl methyl sites for hydroxylation is 1. The van der Waals surface area contributed by atoms with Gasteiger partial charge in [-0.05, 0) is 54.4 Å². The predicted molar refractivity (Wildman–Crippen MR) is 74.9 cm³/mol. The summed E-state index contributed by atoms with van der Waals surface area (Å²) >= 11 is 11.8. The van der Waals surface area contributed by atoms with Gasteiger partial charge in [0.05, 0.1) is 0 Å². The highest BCUT2D eigenvalue weighted by molar-refractivity contribution is 6.34.